The molecule has 0 saturated heterocycles. The molecule has 2 N–H and O–H groups in total. The van der Waals surface area contributed by atoms with E-state index in [4.69, 9.17) is 5.11 Å². The van der Waals surface area contributed by atoms with Crippen LogP contribution in [0.4, 0.5) is 4.79 Å². The predicted molar refractivity (Wildman–Crippen MR) is 67.7 cm³/mol. The number of hydrogen-bond acceptors (Lipinski definition) is 2. The number of fused-ring (bicyclic) bond motifs is 1. The van der Waals surface area contributed by atoms with Crippen LogP contribution >= 0.6 is 0 Å². The van der Waals surface area contributed by atoms with Crippen LogP contribution in [-0.4, -0.2) is 28.2 Å². The van der Waals surface area contributed by atoms with Gasteiger partial charge in [-0.05, 0) is 25.0 Å². The van der Waals surface area contributed by atoms with Gasteiger partial charge in [0.1, 0.15) is 0 Å². The highest BCUT2D eigenvalue weighted by Gasteiger charge is 2.13. The number of hydrogen-bond donors (Lipinski definition) is 2. The number of carbonyl (C=O) groups is 2. The van der Waals surface area contributed by atoms with Crippen LogP contribution in [0.3, 0.4) is 0 Å². The summed E-state index contributed by atoms with van der Waals surface area (Å²) < 4.78 is 1.21. The molecule has 0 fully saturated rings. The fourth-order valence-corrected chi connectivity index (χ4v) is 2.08. The third kappa shape index (κ3) is 2.20. The molecule has 0 saturated carbocycles. The van der Waals surface area contributed by atoms with Gasteiger partial charge in [-0.1, -0.05) is 18.2 Å². The molecule has 0 spiro atoms. The Balaban J connectivity index is 2.44. The Morgan fingerprint density at radius 2 is 2.22 bits per heavy atom. The standard InChI is InChI=1S/C13H14N2O3/c1-9(14-8-16)6-10-7-15(13(17)18)12-5-3-2-4-11(10)12/h2-5,7-9H,6H2,1H3,(H,14,16)(H,17,18)/t9-/m1/s1. The third-order valence-electron chi connectivity index (χ3n) is 2.88. The van der Waals surface area contributed by atoms with E-state index in [-0.39, 0.29) is 6.04 Å². The van der Waals surface area contributed by atoms with Crippen molar-refractivity contribution in [2.45, 2.75) is 19.4 Å². The first-order valence-corrected chi connectivity index (χ1v) is 5.65. The molecule has 1 heterocycles. The molecular formula is C13H14N2O3. The molecule has 1 amide bonds. The van der Waals surface area contributed by atoms with Crippen molar-refractivity contribution >= 4 is 23.4 Å². The zero-order chi connectivity index (χ0) is 13.1. The fourth-order valence-electron chi connectivity index (χ4n) is 2.08. The van der Waals surface area contributed by atoms with E-state index in [0.717, 1.165) is 10.9 Å². The van der Waals surface area contributed by atoms with E-state index >= 15 is 0 Å². The fraction of sp³-hybridized carbons (Fsp3) is 0.231. The molecule has 5 heteroatoms. The van der Waals surface area contributed by atoms with Gasteiger partial charge in [-0.2, -0.15) is 0 Å². The lowest BCUT2D eigenvalue weighted by Crippen LogP contribution is -2.26. The summed E-state index contributed by atoms with van der Waals surface area (Å²) in [6.07, 6.45) is 1.85. The van der Waals surface area contributed by atoms with Crippen LogP contribution in [0.2, 0.25) is 0 Å². The number of nitrogens with one attached hydrogen (secondary N) is 1. The minimum Gasteiger partial charge on any atom is -0.464 e. The lowest BCUT2D eigenvalue weighted by Gasteiger charge is -2.08. The van der Waals surface area contributed by atoms with Crippen molar-refractivity contribution in [3.63, 3.8) is 0 Å². The molecular weight excluding hydrogens is 232 g/mol. The maximum absolute atomic E-state index is 11.1. The van der Waals surface area contributed by atoms with E-state index in [1.165, 1.54) is 4.57 Å². The van der Waals surface area contributed by atoms with E-state index in [1.807, 2.05) is 19.1 Å². The first kappa shape index (κ1) is 12.2. The molecule has 0 unspecified atom stereocenters. The Bertz CT molecular complexity index is 589. The molecule has 5 nitrogen and oxygen atoms in total. The average molecular weight is 246 g/mol. The Kier molecular flexibility index (Phi) is 3.32. The van der Waals surface area contributed by atoms with Crippen LogP contribution in [0.15, 0.2) is 30.5 Å². The van der Waals surface area contributed by atoms with Gasteiger partial charge in [-0.15, -0.1) is 0 Å². The first-order chi connectivity index (χ1) is 8.63. The maximum Gasteiger partial charge on any atom is 0.416 e. The number of rotatable bonds is 4. The van der Waals surface area contributed by atoms with Gasteiger partial charge in [0.05, 0.1) is 5.52 Å². The Labute approximate surface area is 104 Å². The van der Waals surface area contributed by atoms with Crippen LogP contribution in [-0.2, 0) is 11.2 Å². The van der Waals surface area contributed by atoms with E-state index in [9.17, 15) is 9.59 Å². The van der Waals surface area contributed by atoms with Crippen LogP contribution in [0.1, 0.15) is 12.5 Å². The quantitative estimate of drug-likeness (QED) is 0.809. The number of benzene rings is 1. The summed E-state index contributed by atoms with van der Waals surface area (Å²) in [5.74, 6) is 0. The number of carboxylic acid groups (broad SMARTS) is 1. The molecule has 0 radical (unpaired) electrons. The van der Waals surface area contributed by atoms with Crippen molar-refractivity contribution in [1.82, 2.24) is 9.88 Å². The highest BCUT2D eigenvalue weighted by molar-refractivity contribution is 5.91. The second-order valence-corrected chi connectivity index (χ2v) is 4.21. The predicted octanol–water partition coefficient (Wildman–Crippen LogP) is 1.84. The van der Waals surface area contributed by atoms with Crippen LogP contribution in [0, 0.1) is 0 Å². The summed E-state index contributed by atoms with van der Waals surface area (Å²) in [6, 6.07) is 7.30. The lowest BCUT2D eigenvalue weighted by atomic mass is 10.1. The monoisotopic (exact) mass is 246 g/mol. The van der Waals surface area contributed by atoms with Gasteiger partial charge < -0.3 is 10.4 Å². The van der Waals surface area contributed by atoms with Crippen molar-refractivity contribution in [2.75, 3.05) is 0 Å². The van der Waals surface area contributed by atoms with E-state index in [0.29, 0.717) is 18.3 Å². The minimum absolute atomic E-state index is 0.0319. The highest BCUT2D eigenvalue weighted by atomic mass is 16.4. The second kappa shape index (κ2) is 4.91. The molecule has 2 rings (SSSR count). The number of para-hydroxylation sites is 1. The third-order valence-corrected chi connectivity index (χ3v) is 2.88. The largest absolute Gasteiger partial charge is 0.464 e. The Morgan fingerprint density at radius 1 is 1.50 bits per heavy atom. The maximum atomic E-state index is 11.1. The first-order valence-electron chi connectivity index (χ1n) is 5.65. The summed E-state index contributed by atoms with van der Waals surface area (Å²) in [4.78, 5) is 21.5. The zero-order valence-electron chi connectivity index (χ0n) is 9.96. The average Bonchev–Trinajstić information content (AvgIpc) is 2.69. The highest BCUT2D eigenvalue weighted by Crippen LogP contribution is 2.22. The molecule has 2 aromatic rings. The molecule has 0 aliphatic rings. The van der Waals surface area contributed by atoms with Crippen molar-refractivity contribution < 1.29 is 14.7 Å². The summed E-state index contributed by atoms with van der Waals surface area (Å²) in [5, 5.41) is 12.7. The zero-order valence-corrected chi connectivity index (χ0v) is 9.96. The van der Waals surface area contributed by atoms with Crippen LogP contribution < -0.4 is 5.32 Å². The van der Waals surface area contributed by atoms with Gasteiger partial charge >= 0.3 is 6.09 Å². The second-order valence-electron chi connectivity index (χ2n) is 4.21. The number of amides is 1. The summed E-state index contributed by atoms with van der Waals surface area (Å²) in [6.45, 7) is 1.88. The lowest BCUT2D eigenvalue weighted by molar-refractivity contribution is -0.110. The van der Waals surface area contributed by atoms with Gasteiger partial charge in [0, 0.05) is 17.6 Å². The molecule has 1 aromatic heterocycles. The minimum atomic E-state index is -1.01. The van der Waals surface area contributed by atoms with Gasteiger partial charge in [0.2, 0.25) is 6.41 Å². The van der Waals surface area contributed by atoms with Crippen molar-refractivity contribution in [3.8, 4) is 0 Å². The van der Waals surface area contributed by atoms with Crippen molar-refractivity contribution in [3.05, 3.63) is 36.0 Å². The molecule has 18 heavy (non-hydrogen) atoms. The van der Waals surface area contributed by atoms with Gasteiger partial charge in [-0.3, -0.25) is 9.36 Å². The van der Waals surface area contributed by atoms with E-state index in [2.05, 4.69) is 5.32 Å². The van der Waals surface area contributed by atoms with Crippen molar-refractivity contribution in [1.29, 1.82) is 0 Å². The van der Waals surface area contributed by atoms with Gasteiger partial charge in [-0.25, -0.2) is 4.79 Å². The molecule has 94 valence electrons. The normalized spacial score (nSPS) is 12.3. The Morgan fingerprint density at radius 3 is 2.89 bits per heavy atom. The smallest absolute Gasteiger partial charge is 0.416 e. The molecule has 0 bridgehead atoms. The summed E-state index contributed by atoms with van der Waals surface area (Å²) >= 11 is 0. The Hall–Kier alpha value is -2.30. The van der Waals surface area contributed by atoms with Crippen LogP contribution in [0.5, 0.6) is 0 Å². The number of aromatic nitrogens is 1. The van der Waals surface area contributed by atoms with Gasteiger partial charge in [0.15, 0.2) is 0 Å². The molecule has 0 aliphatic heterocycles. The molecule has 1 atom stereocenters. The summed E-state index contributed by atoms with van der Waals surface area (Å²) in [7, 11) is 0. The summed E-state index contributed by atoms with van der Waals surface area (Å²) in [5.41, 5.74) is 1.58. The van der Waals surface area contributed by atoms with Crippen LogP contribution in [0.25, 0.3) is 10.9 Å². The van der Waals surface area contributed by atoms with Gasteiger partial charge in [0.25, 0.3) is 0 Å². The number of nitrogens with zero attached hydrogens (tertiary/aromatic N) is 1. The van der Waals surface area contributed by atoms with E-state index < -0.39 is 6.09 Å². The molecule has 1 aromatic carbocycles. The molecule has 0 aliphatic carbocycles. The topological polar surface area (TPSA) is 71.3 Å². The number of carbonyl (C=O) groups excluding carboxylic acids is 1. The van der Waals surface area contributed by atoms with E-state index in [1.54, 1.807) is 18.3 Å². The SMILES string of the molecule is C[C@H](Cc1cn(C(=O)O)c2ccccc12)NC=O. The van der Waals surface area contributed by atoms with Crippen molar-refractivity contribution in [2.24, 2.45) is 0 Å².